The van der Waals surface area contributed by atoms with Gasteiger partial charge < -0.3 is 10.8 Å². The van der Waals surface area contributed by atoms with Crippen molar-refractivity contribution in [2.24, 2.45) is 5.92 Å². The van der Waals surface area contributed by atoms with Crippen molar-refractivity contribution in [1.29, 1.82) is 0 Å². The Hall–Kier alpha value is -2.15. The molecule has 0 radical (unpaired) electrons. The summed E-state index contributed by atoms with van der Waals surface area (Å²) < 4.78 is 0. The van der Waals surface area contributed by atoms with E-state index in [1.54, 1.807) is 12.1 Å². The minimum atomic E-state index is -1.11. The van der Waals surface area contributed by atoms with E-state index in [0.717, 1.165) is 0 Å². The largest absolute Gasteiger partial charge is 0.481 e. The van der Waals surface area contributed by atoms with Crippen molar-refractivity contribution in [3.05, 3.63) is 23.9 Å². The zero-order chi connectivity index (χ0) is 12.8. The van der Waals surface area contributed by atoms with Gasteiger partial charge in [0, 0.05) is 6.20 Å². The number of hydrogen-bond donors (Lipinski definition) is 4. The van der Waals surface area contributed by atoms with E-state index in [1.165, 1.54) is 11.7 Å². The van der Waals surface area contributed by atoms with Crippen LogP contribution in [0.5, 0.6) is 0 Å². The molecule has 0 aromatic carbocycles. The number of amides is 1. The smallest absolute Gasteiger partial charge is 0.304 e. The van der Waals surface area contributed by atoms with Crippen LogP contribution in [0.2, 0.25) is 0 Å². The Morgan fingerprint density at radius 1 is 1.47 bits per heavy atom. The maximum atomic E-state index is 11.2. The molecule has 1 amide bonds. The maximum absolute atomic E-state index is 11.2. The molecule has 7 heteroatoms. The number of nitrogens with zero attached hydrogens (tertiary/aromatic N) is 1. The number of nitrogen functional groups attached to an aromatic ring is 1. The summed E-state index contributed by atoms with van der Waals surface area (Å²) in [5, 5.41) is 17.2. The number of pyridine rings is 1. The molecule has 0 aliphatic heterocycles. The van der Waals surface area contributed by atoms with E-state index in [2.05, 4.69) is 4.98 Å². The van der Waals surface area contributed by atoms with Crippen molar-refractivity contribution in [2.45, 2.75) is 12.8 Å². The lowest BCUT2D eigenvalue weighted by Gasteiger charge is -2.12. The number of hydrogen-bond acceptors (Lipinski definition) is 5. The van der Waals surface area contributed by atoms with Gasteiger partial charge in [0.2, 0.25) is 5.91 Å². The molecule has 5 N–H and O–H groups in total. The number of carboxylic acids is 1. The number of anilines is 1. The molecule has 7 nitrogen and oxygen atoms in total. The van der Waals surface area contributed by atoms with Crippen molar-refractivity contribution in [3.8, 4) is 0 Å². The first-order chi connectivity index (χ1) is 8.02. The van der Waals surface area contributed by atoms with Crippen molar-refractivity contribution in [2.75, 3.05) is 5.73 Å². The summed E-state index contributed by atoms with van der Waals surface area (Å²) in [6.45, 7) is 0. The third-order valence-electron chi connectivity index (χ3n) is 2.23. The first-order valence-corrected chi connectivity index (χ1v) is 4.89. The lowest BCUT2D eigenvalue weighted by atomic mass is 9.96. The second-order valence-corrected chi connectivity index (χ2v) is 3.57. The van der Waals surface area contributed by atoms with E-state index < -0.39 is 17.8 Å². The highest BCUT2D eigenvalue weighted by Crippen LogP contribution is 2.13. The van der Waals surface area contributed by atoms with Crippen LogP contribution in [0, 0.1) is 5.92 Å². The minimum Gasteiger partial charge on any atom is -0.481 e. The van der Waals surface area contributed by atoms with E-state index in [9.17, 15) is 9.59 Å². The topological polar surface area (TPSA) is 126 Å². The lowest BCUT2D eigenvalue weighted by molar-refractivity contribution is -0.143. The van der Waals surface area contributed by atoms with Crippen LogP contribution >= 0.6 is 0 Å². The van der Waals surface area contributed by atoms with Gasteiger partial charge in [-0.05, 0) is 18.1 Å². The summed E-state index contributed by atoms with van der Waals surface area (Å²) in [6.07, 6.45) is 1.28. The average Bonchev–Trinajstić information content (AvgIpc) is 2.29. The molecule has 0 spiro atoms. The molecular formula is C10H13N3O4. The van der Waals surface area contributed by atoms with Gasteiger partial charge in [-0.3, -0.25) is 14.8 Å². The molecule has 0 aliphatic rings. The highest BCUT2D eigenvalue weighted by atomic mass is 16.5. The first-order valence-electron chi connectivity index (χ1n) is 4.89. The zero-order valence-corrected chi connectivity index (χ0v) is 8.96. The Balaban J connectivity index is 2.75. The number of nitrogens with one attached hydrogen (secondary N) is 1. The van der Waals surface area contributed by atoms with E-state index in [4.69, 9.17) is 16.0 Å². The molecule has 0 fully saturated rings. The Morgan fingerprint density at radius 2 is 2.18 bits per heavy atom. The van der Waals surface area contributed by atoms with Crippen LogP contribution in [0.4, 0.5) is 5.82 Å². The van der Waals surface area contributed by atoms with Crippen LogP contribution in [0.1, 0.15) is 12.0 Å². The zero-order valence-electron chi connectivity index (χ0n) is 8.96. The van der Waals surface area contributed by atoms with Crippen LogP contribution in [-0.2, 0) is 16.0 Å². The fourth-order valence-corrected chi connectivity index (χ4v) is 1.40. The van der Waals surface area contributed by atoms with Gasteiger partial charge in [0.15, 0.2) is 0 Å². The molecule has 1 heterocycles. The molecule has 92 valence electrons. The number of carboxylic acid groups (broad SMARTS) is 1. The molecule has 1 atom stereocenters. The Labute approximate surface area is 97.2 Å². The van der Waals surface area contributed by atoms with Gasteiger partial charge in [-0.15, -0.1) is 0 Å². The molecule has 1 unspecified atom stereocenters. The van der Waals surface area contributed by atoms with Gasteiger partial charge >= 0.3 is 5.97 Å². The monoisotopic (exact) mass is 239 g/mol. The summed E-state index contributed by atoms with van der Waals surface area (Å²) in [4.78, 5) is 25.7. The molecule has 1 aromatic heterocycles. The van der Waals surface area contributed by atoms with Crippen LogP contribution in [0.15, 0.2) is 18.3 Å². The van der Waals surface area contributed by atoms with Crippen molar-refractivity contribution in [1.82, 2.24) is 10.5 Å². The molecule has 1 rings (SSSR count). The van der Waals surface area contributed by atoms with Crippen molar-refractivity contribution in [3.63, 3.8) is 0 Å². The van der Waals surface area contributed by atoms with E-state index in [0.29, 0.717) is 11.4 Å². The molecular weight excluding hydrogens is 226 g/mol. The Bertz CT molecular complexity index is 405. The number of aliphatic carboxylic acids is 1. The third-order valence-corrected chi connectivity index (χ3v) is 2.23. The van der Waals surface area contributed by atoms with Gasteiger partial charge in [-0.1, -0.05) is 6.07 Å². The Morgan fingerprint density at radius 3 is 2.65 bits per heavy atom. The van der Waals surface area contributed by atoms with Gasteiger partial charge in [-0.2, -0.15) is 0 Å². The van der Waals surface area contributed by atoms with E-state index in [-0.39, 0.29) is 12.8 Å². The van der Waals surface area contributed by atoms with Crippen LogP contribution < -0.4 is 11.2 Å². The summed E-state index contributed by atoms with van der Waals surface area (Å²) >= 11 is 0. The molecule has 17 heavy (non-hydrogen) atoms. The van der Waals surface area contributed by atoms with E-state index >= 15 is 0 Å². The number of rotatable bonds is 5. The summed E-state index contributed by atoms with van der Waals surface area (Å²) in [7, 11) is 0. The standard InChI is InChI=1S/C10H13N3O4/c11-8-2-1-6(5-12-8)3-7(4-9(14)15)10(16)13-17/h1-2,5,7,17H,3-4H2,(H2,11,12)(H,13,16)(H,14,15). The molecule has 0 saturated carbocycles. The molecule has 0 saturated heterocycles. The highest BCUT2D eigenvalue weighted by molar-refractivity contribution is 5.82. The lowest BCUT2D eigenvalue weighted by Crippen LogP contribution is -2.31. The van der Waals surface area contributed by atoms with Gasteiger partial charge in [0.1, 0.15) is 5.82 Å². The summed E-state index contributed by atoms with van der Waals surface area (Å²) in [6, 6.07) is 3.21. The molecule has 1 aromatic rings. The van der Waals surface area contributed by atoms with Crippen molar-refractivity contribution >= 4 is 17.7 Å². The summed E-state index contributed by atoms with van der Waals surface area (Å²) in [5.41, 5.74) is 7.53. The van der Waals surface area contributed by atoms with Crippen LogP contribution in [0.25, 0.3) is 0 Å². The first kappa shape index (κ1) is 12.9. The van der Waals surface area contributed by atoms with Gasteiger partial charge in [0.05, 0.1) is 12.3 Å². The normalized spacial score (nSPS) is 11.8. The number of carbonyl (C=O) groups is 2. The van der Waals surface area contributed by atoms with E-state index in [1.807, 2.05) is 0 Å². The SMILES string of the molecule is Nc1ccc(CC(CC(=O)O)C(=O)NO)cn1. The predicted molar refractivity (Wildman–Crippen MR) is 58.0 cm³/mol. The van der Waals surface area contributed by atoms with Gasteiger partial charge in [0.25, 0.3) is 0 Å². The second-order valence-electron chi connectivity index (χ2n) is 3.57. The van der Waals surface area contributed by atoms with Crippen LogP contribution in [0.3, 0.4) is 0 Å². The number of hydroxylamine groups is 1. The third kappa shape index (κ3) is 4.07. The molecule has 0 aliphatic carbocycles. The number of nitrogens with two attached hydrogens (primary N) is 1. The fraction of sp³-hybridized carbons (Fsp3) is 0.300. The fourth-order valence-electron chi connectivity index (χ4n) is 1.40. The summed E-state index contributed by atoms with van der Waals surface area (Å²) in [5.74, 6) is -2.34. The number of carbonyl (C=O) groups excluding carboxylic acids is 1. The molecule has 0 bridgehead atoms. The highest BCUT2D eigenvalue weighted by Gasteiger charge is 2.21. The Kier molecular flexibility index (Phi) is 4.41. The maximum Gasteiger partial charge on any atom is 0.304 e. The van der Waals surface area contributed by atoms with Crippen molar-refractivity contribution < 1.29 is 19.9 Å². The quantitative estimate of drug-likeness (QED) is 0.416. The minimum absolute atomic E-state index is 0.173. The average molecular weight is 239 g/mol. The predicted octanol–water partition coefficient (Wildman–Crippen LogP) is -0.197. The number of aromatic nitrogens is 1. The second kappa shape index (κ2) is 5.80. The van der Waals surface area contributed by atoms with Crippen LogP contribution in [-0.4, -0.2) is 27.2 Å². The van der Waals surface area contributed by atoms with Gasteiger partial charge in [-0.25, -0.2) is 10.5 Å².